The van der Waals surface area contributed by atoms with Gasteiger partial charge >= 0.3 is 0 Å². The molecule has 0 bridgehead atoms. The highest BCUT2D eigenvalue weighted by atomic mass is 32.2. The standard InChI is InChI=1S/C14H24N4S/c1-3-6-15-13-11(2)14(18-10-17-13)16-9-12-4-7-19-8-5-12/h10,12H,3-9H2,1-2H3,(H2,15,16,17,18). The minimum Gasteiger partial charge on any atom is -0.370 e. The van der Waals surface area contributed by atoms with E-state index < -0.39 is 0 Å². The number of anilines is 2. The predicted octanol–water partition coefficient (Wildman–Crippen LogP) is 3.16. The largest absolute Gasteiger partial charge is 0.370 e. The first-order valence-corrected chi connectivity index (χ1v) is 8.33. The van der Waals surface area contributed by atoms with Crippen molar-refractivity contribution in [2.45, 2.75) is 33.1 Å². The zero-order valence-corrected chi connectivity index (χ0v) is 12.7. The van der Waals surface area contributed by atoms with Crippen molar-refractivity contribution in [2.24, 2.45) is 5.92 Å². The Morgan fingerprint density at radius 3 is 2.58 bits per heavy atom. The lowest BCUT2D eigenvalue weighted by Gasteiger charge is -2.22. The van der Waals surface area contributed by atoms with Crippen molar-refractivity contribution in [1.82, 2.24) is 9.97 Å². The van der Waals surface area contributed by atoms with Crippen LogP contribution in [0.2, 0.25) is 0 Å². The van der Waals surface area contributed by atoms with E-state index in [2.05, 4.69) is 46.2 Å². The van der Waals surface area contributed by atoms with Gasteiger partial charge in [-0.15, -0.1) is 0 Å². The molecule has 4 nitrogen and oxygen atoms in total. The quantitative estimate of drug-likeness (QED) is 0.838. The molecule has 0 aliphatic carbocycles. The van der Waals surface area contributed by atoms with Crippen LogP contribution in [0.5, 0.6) is 0 Å². The van der Waals surface area contributed by atoms with E-state index in [1.54, 1.807) is 6.33 Å². The number of rotatable bonds is 6. The lowest BCUT2D eigenvalue weighted by Crippen LogP contribution is -2.20. The van der Waals surface area contributed by atoms with Crippen LogP contribution in [-0.2, 0) is 0 Å². The Morgan fingerprint density at radius 1 is 1.21 bits per heavy atom. The lowest BCUT2D eigenvalue weighted by atomic mass is 10.0. The van der Waals surface area contributed by atoms with Crippen molar-refractivity contribution in [3.05, 3.63) is 11.9 Å². The normalized spacial score (nSPS) is 16.3. The van der Waals surface area contributed by atoms with E-state index in [0.717, 1.165) is 42.6 Å². The monoisotopic (exact) mass is 280 g/mol. The highest BCUT2D eigenvalue weighted by molar-refractivity contribution is 7.99. The van der Waals surface area contributed by atoms with Crippen LogP contribution in [0.3, 0.4) is 0 Å². The maximum atomic E-state index is 4.36. The second-order valence-electron chi connectivity index (χ2n) is 5.06. The van der Waals surface area contributed by atoms with Crippen molar-refractivity contribution in [3.8, 4) is 0 Å². The number of thioether (sulfide) groups is 1. The zero-order valence-electron chi connectivity index (χ0n) is 11.9. The Labute approximate surface area is 120 Å². The topological polar surface area (TPSA) is 49.8 Å². The molecule has 106 valence electrons. The minimum atomic E-state index is 0.794. The molecule has 0 aromatic carbocycles. The Morgan fingerprint density at radius 2 is 1.89 bits per heavy atom. The molecule has 19 heavy (non-hydrogen) atoms. The van der Waals surface area contributed by atoms with Crippen LogP contribution in [0.1, 0.15) is 31.7 Å². The molecular formula is C14H24N4S. The Hall–Kier alpha value is -0.970. The molecule has 0 spiro atoms. The molecule has 2 heterocycles. The van der Waals surface area contributed by atoms with Crippen molar-refractivity contribution in [3.63, 3.8) is 0 Å². The summed E-state index contributed by atoms with van der Waals surface area (Å²) < 4.78 is 0. The van der Waals surface area contributed by atoms with E-state index >= 15 is 0 Å². The molecule has 2 rings (SSSR count). The molecule has 5 heteroatoms. The van der Waals surface area contributed by atoms with Gasteiger partial charge in [0.15, 0.2) is 0 Å². The number of nitrogens with one attached hydrogen (secondary N) is 2. The molecule has 0 amide bonds. The average Bonchev–Trinajstić information content (AvgIpc) is 2.46. The third kappa shape index (κ3) is 4.27. The summed E-state index contributed by atoms with van der Waals surface area (Å²) in [7, 11) is 0. The first-order valence-electron chi connectivity index (χ1n) is 7.18. The fourth-order valence-corrected chi connectivity index (χ4v) is 3.45. The summed E-state index contributed by atoms with van der Waals surface area (Å²) >= 11 is 2.07. The molecule has 0 atom stereocenters. The average molecular weight is 280 g/mol. The molecule has 0 radical (unpaired) electrons. The van der Waals surface area contributed by atoms with E-state index in [4.69, 9.17) is 0 Å². The molecule has 1 aromatic rings. The summed E-state index contributed by atoms with van der Waals surface area (Å²) in [6, 6.07) is 0. The Kier molecular flexibility index (Phi) is 5.76. The molecule has 2 N–H and O–H groups in total. The number of aromatic nitrogens is 2. The van der Waals surface area contributed by atoms with Gasteiger partial charge in [0, 0.05) is 18.7 Å². The van der Waals surface area contributed by atoms with Crippen LogP contribution in [-0.4, -0.2) is 34.6 Å². The third-order valence-corrected chi connectivity index (χ3v) is 4.57. The fraction of sp³-hybridized carbons (Fsp3) is 0.714. The zero-order chi connectivity index (χ0) is 13.5. The summed E-state index contributed by atoms with van der Waals surface area (Å²) in [6.45, 7) is 6.23. The lowest BCUT2D eigenvalue weighted by molar-refractivity contribution is 0.515. The Bertz CT molecular complexity index is 391. The fourth-order valence-electron chi connectivity index (χ4n) is 2.24. The molecular weight excluding hydrogens is 256 g/mol. The molecule has 1 saturated heterocycles. The van der Waals surface area contributed by atoms with Gasteiger partial charge in [0.2, 0.25) is 0 Å². The van der Waals surface area contributed by atoms with Crippen LogP contribution in [0.4, 0.5) is 11.6 Å². The van der Waals surface area contributed by atoms with E-state index in [1.165, 1.54) is 24.3 Å². The van der Waals surface area contributed by atoms with Crippen molar-refractivity contribution in [1.29, 1.82) is 0 Å². The van der Waals surface area contributed by atoms with Crippen LogP contribution in [0.25, 0.3) is 0 Å². The van der Waals surface area contributed by atoms with Crippen LogP contribution < -0.4 is 10.6 Å². The van der Waals surface area contributed by atoms with Gasteiger partial charge in [0.05, 0.1) is 0 Å². The number of hydrogen-bond donors (Lipinski definition) is 2. The van der Waals surface area contributed by atoms with Crippen LogP contribution >= 0.6 is 11.8 Å². The number of hydrogen-bond acceptors (Lipinski definition) is 5. The molecule has 1 aliphatic rings. The molecule has 0 unspecified atom stereocenters. The van der Waals surface area contributed by atoms with Gasteiger partial charge in [-0.25, -0.2) is 9.97 Å². The third-order valence-electron chi connectivity index (χ3n) is 3.53. The highest BCUT2D eigenvalue weighted by Crippen LogP contribution is 2.24. The Balaban J connectivity index is 1.91. The van der Waals surface area contributed by atoms with Gasteiger partial charge in [-0.3, -0.25) is 0 Å². The summed E-state index contributed by atoms with van der Waals surface area (Å²) in [5.41, 5.74) is 1.13. The first-order chi connectivity index (χ1) is 9.31. The van der Waals surface area contributed by atoms with Crippen LogP contribution in [0, 0.1) is 12.8 Å². The minimum absolute atomic E-state index is 0.794. The highest BCUT2D eigenvalue weighted by Gasteiger charge is 2.14. The summed E-state index contributed by atoms with van der Waals surface area (Å²) in [5.74, 6) is 5.34. The maximum absolute atomic E-state index is 4.36. The van der Waals surface area contributed by atoms with Crippen molar-refractivity contribution in [2.75, 3.05) is 35.2 Å². The molecule has 0 saturated carbocycles. The maximum Gasteiger partial charge on any atom is 0.134 e. The van der Waals surface area contributed by atoms with E-state index in [9.17, 15) is 0 Å². The van der Waals surface area contributed by atoms with Crippen LogP contribution in [0.15, 0.2) is 6.33 Å². The van der Waals surface area contributed by atoms with Gasteiger partial charge in [-0.1, -0.05) is 6.92 Å². The molecule has 1 aliphatic heterocycles. The summed E-state index contributed by atoms with van der Waals surface area (Å²) in [4.78, 5) is 8.67. The van der Waals surface area contributed by atoms with Crippen molar-refractivity contribution < 1.29 is 0 Å². The van der Waals surface area contributed by atoms with Gasteiger partial charge in [-0.05, 0) is 43.6 Å². The van der Waals surface area contributed by atoms with Gasteiger partial charge in [0.25, 0.3) is 0 Å². The summed E-state index contributed by atoms with van der Waals surface area (Å²) in [5, 5.41) is 6.85. The smallest absolute Gasteiger partial charge is 0.134 e. The predicted molar refractivity (Wildman–Crippen MR) is 84.1 cm³/mol. The van der Waals surface area contributed by atoms with E-state index in [-0.39, 0.29) is 0 Å². The molecule has 1 aromatic heterocycles. The second kappa shape index (κ2) is 7.58. The molecule has 1 fully saturated rings. The van der Waals surface area contributed by atoms with Gasteiger partial charge in [0.1, 0.15) is 18.0 Å². The van der Waals surface area contributed by atoms with E-state index in [1.807, 2.05) is 0 Å². The SMILES string of the molecule is CCCNc1ncnc(NCC2CCSCC2)c1C. The van der Waals surface area contributed by atoms with E-state index in [0.29, 0.717) is 0 Å². The second-order valence-corrected chi connectivity index (χ2v) is 6.28. The van der Waals surface area contributed by atoms with Crippen molar-refractivity contribution >= 4 is 23.4 Å². The number of nitrogens with zero attached hydrogens (tertiary/aromatic N) is 2. The first kappa shape index (κ1) is 14.4. The summed E-state index contributed by atoms with van der Waals surface area (Å²) in [6.07, 6.45) is 5.39. The van der Waals surface area contributed by atoms with Gasteiger partial charge in [-0.2, -0.15) is 11.8 Å². The van der Waals surface area contributed by atoms with Gasteiger partial charge < -0.3 is 10.6 Å².